The van der Waals surface area contributed by atoms with Crippen LogP contribution in [0.4, 0.5) is 14.5 Å². The molecule has 2 N–H and O–H groups in total. The van der Waals surface area contributed by atoms with E-state index in [1.165, 1.54) is 18.2 Å². The normalized spacial score (nSPS) is 12.0. The molecule has 0 unspecified atom stereocenters. The average molecular weight is 258 g/mol. The Morgan fingerprint density at radius 1 is 1.35 bits per heavy atom. The van der Waals surface area contributed by atoms with Gasteiger partial charge in [0.1, 0.15) is 17.3 Å². The van der Waals surface area contributed by atoms with Gasteiger partial charge in [-0.15, -0.1) is 0 Å². The molecule has 0 aliphatic rings. The molecule has 0 saturated carbocycles. The number of rotatable bonds is 4. The smallest absolute Gasteiger partial charge is 0.171 e. The van der Waals surface area contributed by atoms with Crippen LogP contribution in [-0.2, 0) is 0 Å². The largest absolute Gasteiger partial charge is 0.360 e. The van der Waals surface area contributed by atoms with E-state index in [2.05, 4.69) is 17.6 Å². The Labute approximate surface area is 105 Å². The highest BCUT2D eigenvalue weighted by atomic mass is 32.1. The van der Waals surface area contributed by atoms with Crippen LogP contribution in [-0.4, -0.2) is 11.2 Å². The summed E-state index contributed by atoms with van der Waals surface area (Å²) in [7, 11) is 0. The summed E-state index contributed by atoms with van der Waals surface area (Å²) in [4.78, 5) is 0. The second kappa shape index (κ2) is 6.49. The van der Waals surface area contributed by atoms with E-state index in [-0.39, 0.29) is 16.8 Å². The molecule has 2 nitrogen and oxygen atoms in total. The number of hydrogen-bond acceptors (Lipinski definition) is 1. The van der Waals surface area contributed by atoms with Gasteiger partial charge in [-0.25, -0.2) is 8.78 Å². The molecule has 0 amide bonds. The third kappa shape index (κ3) is 4.26. The maximum atomic E-state index is 13.3. The van der Waals surface area contributed by atoms with Crippen molar-refractivity contribution in [2.24, 2.45) is 0 Å². The molecule has 0 aliphatic carbocycles. The van der Waals surface area contributed by atoms with Gasteiger partial charge < -0.3 is 10.6 Å². The van der Waals surface area contributed by atoms with E-state index in [1.54, 1.807) is 0 Å². The zero-order valence-electron chi connectivity index (χ0n) is 9.89. The summed E-state index contributed by atoms with van der Waals surface area (Å²) in [5.41, 5.74) is -0.214. The van der Waals surface area contributed by atoms with Crippen molar-refractivity contribution in [1.29, 1.82) is 0 Å². The molecular weight excluding hydrogens is 242 g/mol. The highest BCUT2D eigenvalue weighted by molar-refractivity contribution is 7.80. The monoisotopic (exact) mass is 258 g/mol. The van der Waals surface area contributed by atoms with Crippen LogP contribution in [0.1, 0.15) is 26.7 Å². The Kier molecular flexibility index (Phi) is 5.28. The van der Waals surface area contributed by atoms with E-state index < -0.39 is 11.6 Å². The lowest BCUT2D eigenvalue weighted by atomic mass is 10.2. The standard InChI is InChI=1S/C12H16F2N2S/c1-3-5-8(2)15-12(17)16-11-9(13)6-4-7-10(11)14/h4,6-8H,3,5H2,1-2H3,(H2,15,16,17)/t8-/m1/s1. The predicted octanol–water partition coefficient (Wildman–Crippen LogP) is 3.44. The van der Waals surface area contributed by atoms with E-state index in [9.17, 15) is 8.78 Å². The second-order valence-electron chi connectivity index (χ2n) is 3.88. The third-order valence-corrected chi connectivity index (χ3v) is 2.52. The minimum atomic E-state index is -0.655. The van der Waals surface area contributed by atoms with Gasteiger partial charge in [0.25, 0.3) is 0 Å². The van der Waals surface area contributed by atoms with Crippen molar-refractivity contribution in [3.05, 3.63) is 29.8 Å². The minimum Gasteiger partial charge on any atom is -0.360 e. The lowest BCUT2D eigenvalue weighted by molar-refractivity contribution is 0.586. The SMILES string of the molecule is CCC[C@@H](C)NC(=S)Nc1c(F)cccc1F. The number of benzene rings is 1. The fourth-order valence-corrected chi connectivity index (χ4v) is 1.80. The first-order valence-electron chi connectivity index (χ1n) is 5.56. The predicted molar refractivity (Wildman–Crippen MR) is 70.1 cm³/mol. The van der Waals surface area contributed by atoms with Gasteiger partial charge in [-0.05, 0) is 37.7 Å². The topological polar surface area (TPSA) is 24.1 Å². The average Bonchev–Trinajstić information content (AvgIpc) is 2.24. The maximum absolute atomic E-state index is 13.3. The fourth-order valence-electron chi connectivity index (χ4n) is 1.50. The first-order valence-corrected chi connectivity index (χ1v) is 5.97. The third-order valence-electron chi connectivity index (χ3n) is 2.30. The maximum Gasteiger partial charge on any atom is 0.171 e. The summed E-state index contributed by atoms with van der Waals surface area (Å²) in [6.45, 7) is 4.03. The number of thiocarbonyl (C=S) groups is 1. The van der Waals surface area contributed by atoms with Gasteiger partial charge in [-0.1, -0.05) is 19.4 Å². The van der Waals surface area contributed by atoms with Crippen LogP contribution >= 0.6 is 12.2 Å². The summed E-state index contributed by atoms with van der Waals surface area (Å²) < 4.78 is 26.6. The first-order chi connectivity index (χ1) is 8.04. The van der Waals surface area contributed by atoms with Crippen LogP contribution in [0.15, 0.2) is 18.2 Å². The van der Waals surface area contributed by atoms with Crippen LogP contribution in [0.25, 0.3) is 0 Å². The van der Waals surface area contributed by atoms with Crippen LogP contribution in [0.3, 0.4) is 0 Å². The van der Waals surface area contributed by atoms with E-state index in [4.69, 9.17) is 12.2 Å². The van der Waals surface area contributed by atoms with Crippen LogP contribution < -0.4 is 10.6 Å². The Hall–Kier alpha value is -1.23. The van der Waals surface area contributed by atoms with Gasteiger partial charge in [0.05, 0.1) is 0 Å². The number of para-hydroxylation sites is 1. The molecule has 1 rings (SSSR count). The molecule has 1 atom stereocenters. The molecule has 17 heavy (non-hydrogen) atoms. The summed E-state index contributed by atoms with van der Waals surface area (Å²) in [6.07, 6.45) is 1.96. The van der Waals surface area contributed by atoms with Crippen molar-refractivity contribution in [3.63, 3.8) is 0 Å². The quantitative estimate of drug-likeness (QED) is 0.809. The number of hydrogen-bond donors (Lipinski definition) is 2. The van der Waals surface area contributed by atoms with Crippen molar-refractivity contribution >= 4 is 23.0 Å². The zero-order chi connectivity index (χ0) is 12.8. The van der Waals surface area contributed by atoms with Crippen LogP contribution in [0.2, 0.25) is 0 Å². The van der Waals surface area contributed by atoms with Crippen molar-refractivity contribution < 1.29 is 8.78 Å². The van der Waals surface area contributed by atoms with Crippen LogP contribution in [0.5, 0.6) is 0 Å². The van der Waals surface area contributed by atoms with Gasteiger partial charge in [-0.2, -0.15) is 0 Å². The lowest BCUT2D eigenvalue weighted by Crippen LogP contribution is -2.36. The Morgan fingerprint density at radius 3 is 2.47 bits per heavy atom. The molecule has 94 valence electrons. The van der Waals surface area contributed by atoms with Gasteiger partial charge in [0.15, 0.2) is 5.11 Å². The molecule has 0 fully saturated rings. The zero-order valence-corrected chi connectivity index (χ0v) is 10.7. The van der Waals surface area contributed by atoms with Gasteiger partial charge in [0, 0.05) is 6.04 Å². The molecule has 0 spiro atoms. The Bertz CT molecular complexity index is 376. The fraction of sp³-hybridized carbons (Fsp3) is 0.417. The summed E-state index contributed by atoms with van der Waals surface area (Å²) in [6, 6.07) is 3.86. The first kappa shape index (κ1) is 13.8. The highest BCUT2D eigenvalue weighted by Crippen LogP contribution is 2.17. The molecule has 0 aromatic heterocycles. The number of halogens is 2. The molecular formula is C12H16F2N2S. The molecule has 0 aliphatic heterocycles. The number of anilines is 1. The molecule has 1 aromatic rings. The minimum absolute atomic E-state index is 0.176. The van der Waals surface area contributed by atoms with Crippen molar-refractivity contribution in [3.8, 4) is 0 Å². The van der Waals surface area contributed by atoms with E-state index in [1.807, 2.05) is 6.92 Å². The molecule has 0 saturated heterocycles. The highest BCUT2D eigenvalue weighted by Gasteiger charge is 2.10. The van der Waals surface area contributed by atoms with Gasteiger partial charge >= 0.3 is 0 Å². The van der Waals surface area contributed by atoms with E-state index in [0.29, 0.717) is 0 Å². The van der Waals surface area contributed by atoms with Crippen molar-refractivity contribution in [2.45, 2.75) is 32.7 Å². The molecule has 5 heteroatoms. The lowest BCUT2D eigenvalue weighted by Gasteiger charge is -2.16. The van der Waals surface area contributed by atoms with Crippen molar-refractivity contribution in [2.75, 3.05) is 5.32 Å². The Morgan fingerprint density at radius 2 is 1.94 bits per heavy atom. The molecule has 1 aromatic carbocycles. The number of nitrogens with one attached hydrogen (secondary N) is 2. The molecule has 0 bridgehead atoms. The second-order valence-corrected chi connectivity index (χ2v) is 4.29. The molecule has 0 radical (unpaired) electrons. The molecule has 0 heterocycles. The van der Waals surface area contributed by atoms with Crippen LogP contribution in [0, 0.1) is 11.6 Å². The van der Waals surface area contributed by atoms with Gasteiger partial charge in [-0.3, -0.25) is 0 Å². The summed E-state index contributed by atoms with van der Waals surface area (Å²) >= 11 is 4.99. The summed E-state index contributed by atoms with van der Waals surface area (Å²) in [5.74, 6) is -1.31. The van der Waals surface area contributed by atoms with Crippen molar-refractivity contribution in [1.82, 2.24) is 5.32 Å². The van der Waals surface area contributed by atoms with Gasteiger partial charge in [0.2, 0.25) is 0 Å². The van der Waals surface area contributed by atoms with E-state index in [0.717, 1.165) is 12.8 Å². The van der Waals surface area contributed by atoms with E-state index >= 15 is 0 Å². The Balaban J connectivity index is 2.62. The summed E-state index contributed by atoms with van der Waals surface area (Å²) in [5, 5.41) is 5.74.